The zero-order valence-corrected chi connectivity index (χ0v) is 11.5. The summed E-state index contributed by atoms with van der Waals surface area (Å²) in [4.78, 5) is 22.9. The van der Waals surface area contributed by atoms with Crippen LogP contribution in [0, 0.1) is 0 Å². The van der Waals surface area contributed by atoms with Crippen molar-refractivity contribution >= 4 is 23.4 Å². The maximum Gasteiger partial charge on any atom is 0.239 e. The predicted molar refractivity (Wildman–Crippen MR) is 73.1 cm³/mol. The molecule has 1 rings (SSSR count). The van der Waals surface area contributed by atoms with E-state index in [2.05, 4.69) is 10.6 Å². The number of nitrogens with one attached hydrogen (secondary N) is 2. The van der Waals surface area contributed by atoms with Crippen molar-refractivity contribution in [3.63, 3.8) is 0 Å². The van der Waals surface area contributed by atoms with Crippen LogP contribution in [0.4, 0.5) is 0 Å². The molecule has 104 valence electrons. The van der Waals surface area contributed by atoms with E-state index in [1.807, 2.05) is 0 Å². The Labute approximate surface area is 117 Å². The number of methoxy groups -OCH3 is 1. The second-order valence-corrected chi connectivity index (χ2v) is 4.36. The number of hydrogen-bond donors (Lipinski definition) is 2. The van der Waals surface area contributed by atoms with Gasteiger partial charge in [-0.15, -0.1) is 0 Å². The van der Waals surface area contributed by atoms with Crippen molar-refractivity contribution in [2.45, 2.75) is 6.42 Å². The maximum absolute atomic E-state index is 11.6. The molecule has 0 saturated carbocycles. The van der Waals surface area contributed by atoms with E-state index in [0.29, 0.717) is 18.2 Å². The molecule has 0 unspecified atom stereocenters. The van der Waals surface area contributed by atoms with Crippen LogP contribution in [0.3, 0.4) is 0 Å². The molecule has 0 aliphatic heterocycles. The molecule has 0 spiro atoms. The largest absolute Gasteiger partial charge is 0.383 e. The Bertz CT molecular complexity index is 420. The third kappa shape index (κ3) is 6.79. The third-order valence-corrected chi connectivity index (χ3v) is 2.60. The summed E-state index contributed by atoms with van der Waals surface area (Å²) < 4.78 is 4.79. The molecule has 6 heteroatoms. The second-order valence-electron chi connectivity index (χ2n) is 3.92. The summed E-state index contributed by atoms with van der Waals surface area (Å²) in [5.41, 5.74) is 0.849. The molecule has 0 aliphatic rings. The van der Waals surface area contributed by atoms with Crippen LogP contribution in [0.1, 0.15) is 5.56 Å². The van der Waals surface area contributed by atoms with Crippen molar-refractivity contribution in [2.75, 3.05) is 26.8 Å². The molecule has 2 N–H and O–H groups in total. The number of amides is 2. The van der Waals surface area contributed by atoms with Crippen molar-refractivity contribution in [3.05, 3.63) is 34.9 Å². The van der Waals surface area contributed by atoms with Gasteiger partial charge in [0, 0.05) is 18.7 Å². The average Bonchev–Trinajstić information content (AvgIpc) is 2.39. The van der Waals surface area contributed by atoms with Crippen molar-refractivity contribution in [1.82, 2.24) is 10.6 Å². The van der Waals surface area contributed by atoms with Gasteiger partial charge in [-0.2, -0.15) is 0 Å². The van der Waals surface area contributed by atoms with Crippen molar-refractivity contribution < 1.29 is 14.3 Å². The second kappa shape index (κ2) is 8.50. The zero-order chi connectivity index (χ0) is 14.1. The van der Waals surface area contributed by atoms with Crippen LogP contribution in [0.2, 0.25) is 5.02 Å². The van der Waals surface area contributed by atoms with Gasteiger partial charge in [0.25, 0.3) is 0 Å². The lowest BCUT2D eigenvalue weighted by molar-refractivity contribution is -0.125. The fourth-order valence-corrected chi connectivity index (χ4v) is 1.51. The highest BCUT2D eigenvalue weighted by atomic mass is 35.5. The van der Waals surface area contributed by atoms with E-state index < -0.39 is 0 Å². The highest BCUT2D eigenvalue weighted by Gasteiger charge is 2.06. The molecule has 0 heterocycles. The van der Waals surface area contributed by atoms with Gasteiger partial charge >= 0.3 is 0 Å². The van der Waals surface area contributed by atoms with Gasteiger partial charge in [0.2, 0.25) is 11.8 Å². The normalized spacial score (nSPS) is 10.0. The first-order chi connectivity index (χ1) is 9.11. The van der Waals surface area contributed by atoms with Crippen LogP contribution < -0.4 is 10.6 Å². The first-order valence-electron chi connectivity index (χ1n) is 5.88. The summed E-state index contributed by atoms with van der Waals surface area (Å²) in [7, 11) is 1.56. The summed E-state index contributed by atoms with van der Waals surface area (Å²) in [5.74, 6) is -0.439. The Morgan fingerprint density at radius 2 is 1.84 bits per heavy atom. The molecule has 0 fully saturated rings. The monoisotopic (exact) mass is 284 g/mol. The van der Waals surface area contributed by atoms with E-state index in [-0.39, 0.29) is 24.8 Å². The Kier molecular flexibility index (Phi) is 6.92. The Hall–Kier alpha value is -1.59. The third-order valence-electron chi connectivity index (χ3n) is 2.35. The van der Waals surface area contributed by atoms with Gasteiger partial charge in [0.1, 0.15) is 0 Å². The number of carbonyl (C=O) groups is 2. The molecule has 19 heavy (non-hydrogen) atoms. The lowest BCUT2D eigenvalue weighted by Crippen LogP contribution is -2.38. The van der Waals surface area contributed by atoms with Gasteiger partial charge in [-0.3, -0.25) is 9.59 Å². The molecule has 5 nitrogen and oxygen atoms in total. The summed E-state index contributed by atoms with van der Waals surface area (Å²) in [5, 5.41) is 5.79. The molecule has 0 bridgehead atoms. The van der Waals surface area contributed by atoms with Gasteiger partial charge in [-0.25, -0.2) is 0 Å². The molecule has 0 atom stereocenters. The summed E-state index contributed by atoms with van der Waals surface area (Å²) in [6.07, 6.45) is 0.225. The molecule has 0 aromatic heterocycles. The number of rotatable bonds is 7. The number of carbonyl (C=O) groups excluding carboxylic acids is 2. The molecule has 0 aliphatic carbocycles. The van der Waals surface area contributed by atoms with E-state index in [1.54, 1.807) is 31.4 Å². The van der Waals surface area contributed by atoms with E-state index in [0.717, 1.165) is 5.56 Å². The van der Waals surface area contributed by atoms with Crippen LogP contribution in [0.25, 0.3) is 0 Å². The molecule has 0 saturated heterocycles. The maximum atomic E-state index is 11.6. The molecule has 1 aromatic rings. The lowest BCUT2D eigenvalue weighted by atomic mass is 10.1. The minimum Gasteiger partial charge on any atom is -0.383 e. The lowest BCUT2D eigenvalue weighted by Gasteiger charge is -2.06. The molecule has 0 radical (unpaired) electrons. The highest BCUT2D eigenvalue weighted by molar-refractivity contribution is 6.30. The van der Waals surface area contributed by atoms with Gasteiger partial charge < -0.3 is 15.4 Å². The van der Waals surface area contributed by atoms with Crippen LogP contribution in [0.15, 0.2) is 24.3 Å². The van der Waals surface area contributed by atoms with E-state index in [9.17, 15) is 9.59 Å². The molecular formula is C13H17ClN2O3. The van der Waals surface area contributed by atoms with Crippen LogP contribution in [-0.4, -0.2) is 38.6 Å². The molecule has 2 amide bonds. The highest BCUT2D eigenvalue weighted by Crippen LogP contribution is 2.09. The van der Waals surface area contributed by atoms with Crippen LogP contribution in [-0.2, 0) is 20.7 Å². The standard InChI is InChI=1S/C13H17ClN2O3/c1-19-7-6-15-13(18)9-16-12(17)8-10-2-4-11(14)5-3-10/h2-5H,6-9H2,1H3,(H,15,18)(H,16,17). The Morgan fingerprint density at radius 3 is 2.47 bits per heavy atom. The zero-order valence-electron chi connectivity index (χ0n) is 10.7. The minimum atomic E-state index is -0.235. The average molecular weight is 285 g/mol. The van der Waals surface area contributed by atoms with Gasteiger partial charge in [-0.05, 0) is 17.7 Å². The predicted octanol–water partition coefficient (Wildman–Crippen LogP) is 0.761. The molecular weight excluding hydrogens is 268 g/mol. The number of ether oxygens (including phenoxy) is 1. The SMILES string of the molecule is COCCNC(=O)CNC(=O)Cc1ccc(Cl)cc1. The quantitative estimate of drug-likeness (QED) is 0.727. The Morgan fingerprint density at radius 1 is 1.16 bits per heavy atom. The fraction of sp³-hybridized carbons (Fsp3) is 0.385. The van der Waals surface area contributed by atoms with E-state index in [4.69, 9.17) is 16.3 Å². The Balaban J connectivity index is 2.24. The van der Waals surface area contributed by atoms with E-state index >= 15 is 0 Å². The topological polar surface area (TPSA) is 67.4 Å². The number of benzene rings is 1. The fourth-order valence-electron chi connectivity index (χ4n) is 1.38. The van der Waals surface area contributed by atoms with Crippen molar-refractivity contribution in [1.29, 1.82) is 0 Å². The number of hydrogen-bond acceptors (Lipinski definition) is 3. The van der Waals surface area contributed by atoms with Crippen LogP contribution in [0.5, 0.6) is 0 Å². The van der Waals surface area contributed by atoms with Gasteiger partial charge in [0.05, 0.1) is 19.6 Å². The summed E-state index contributed by atoms with van der Waals surface area (Å²) >= 11 is 5.75. The van der Waals surface area contributed by atoms with Gasteiger partial charge in [0.15, 0.2) is 0 Å². The summed E-state index contributed by atoms with van der Waals surface area (Å²) in [6, 6.07) is 7.00. The molecule has 1 aromatic carbocycles. The van der Waals surface area contributed by atoms with Crippen LogP contribution >= 0.6 is 11.6 Å². The van der Waals surface area contributed by atoms with Gasteiger partial charge in [-0.1, -0.05) is 23.7 Å². The van der Waals surface area contributed by atoms with Crippen molar-refractivity contribution in [2.24, 2.45) is 0 Å². The summed E-state index contributed by atoms with van der Waals surface area (Å²) in [6.45, 7) is 0.850. The number of halogens is 1. The van der Waals surface area contributed by atoms with Crippen molar-refractivity contribution in [3.8, 4) is 0 Å². The smallest absolute Gasteiger partial charge is 0.239 e. The van der Waals surface area contributed by atoms with E-state index in [1.165, 1.54) is 0 Å². The first-order valence-corrected chi connectivity index (χ1v) is 6.26. The minimum absolute atomic E-state index is 0.0316. The first kappa shape index (κ1) is 15.5.